The number of benzene rings is 1. The number of aromatic nitrogens is 2. The lowest BCUT2D eigenvalue weighted by atomic mass is 10.1. The standard InChI is InChI=1S/C13H14N2O/c1-10-3-5-12(6-4-10)13(16)9-15-8-11(2)7-14-15/h3-8H,9H2,1-2H3. The van der Waals surface area contributed by atoms with Gasteiger partial charge in [-0.15, -0.1) is 0 Å². The van der Waals surface area contributed by atoms with Gasteiger partial charge in [-0.25, -0.2) is 0 Å². The molecule has 0 aliphatic rings. The van der Waals surface area contributed by atoms with Crippen LogP contribution < -0.4 is 0 Å². The Morgan fingerprint density at radius 2 is 1.88 bits per heavy atom. The van der Waals surface area contributed by atoms with Crippen molar-refractivity contribution in [2.75, 3.05) is 0 Å². The number of Topliss-reactive ketones (excluding diaryl/α,β-unsaturated/α-hetero) is 1. The van der Waals surface area contributed by atoms with E-state index in [-0.39, 0.29) is 5.78 Å². The molecule has 82 valence electrons. The molecular weight excluding hydrogens is 200 g/mol. The average molecular weight is 214 g/mol. The SMILES string of the molecule is Cc1ccc(C(=O)Cn2cc(C)cn2)cc1. The van der Waals surface area contributed by atoms with Crippen LogP contribution in [0.25, 0.3) is 0 Å². The maximum atomic E-state index is 11.9. The van der Waals surface area contributed by atoms with Crippen molar-refractivity contribution in [1.82, 2.24) is 9.78 Å². The van der Waals surface area contributed by atoms with E-state index in [4.69, 9.17) is 0 Å². The lowest BCUT2D eigenvalue weighted by molar-refractivity contribution is 0.0967. The molecule has 0 saturated carbocycles. The van der Waals surface area contributed by atoms with E-state index < -0.39 is 0 Å². The summed E-state index contributed by atoms with van der Waals surface area (Å²) in [4.78, 5) is 11.9. The van der Waals surface area contributed by atoms with Crippen molar-refractivity contribution in [3.05, 3.63) is 53.3 Å². The molecule has 0 bridgehead atoms. The molecule has 0 unspecified atom stereocenters. The van der Waals surface area contributed by atoms with Gasteiger partial charge >= 0.3 is 0 Å². The minimum absolute atomic E-state index is 0.0862. The Hall–Kier alpha value is -1.90. The Morgan fingerprint density at radius 1 is 1.19 bits per heavy atom. The molecule has 0 fully saturated rings. The van der Waals surface area contributed by atoms with Gasteiger partial charge in [-0.2, -0.15) is 5.10 Å². The zero-order valence-electron chi connectivity index (χ0n) is 9.47. The Bertz CT molecular complexity index is 497. The van der Waals surface area contributed by atoms with Crippen molar-refractivity contribution in [2.24, 2.45) is 0 Å². The highest BCUT2D eigenvalue weighted by atomic mass is 16.1. The Labute approximate surface area is 94.7 Å². The van der Waals surface area contributed by atoms with Gasteiger partial charge in [-0.05, 0) is 19.4 Å². The van der Waals surface area contributed by atoms with E-state index in [0.29, 0.717) is 6.54 Å². The van der Waals surface area contributed by atoms with E-state index in [9.17, 15) is 4.79 Å². The van der Waals surface area contributed by atoms with Crippen molar-refractivity contribution in [2.45, 2.75) is 20.4 Å². The topological polar surface area (TPSA) is 34.9 Å². The van der Waals surface area contributed by atoms with Crippen molar-refractivity contribution in [3.8, 4) is 0 Å². The first-order chi connectivity index (χ1) is 7.65. The highest BCUT2D eigenvalue weighted by Gasteiger charge is 2.06. The van der Waals surface area contributed by atoms with E-state index >= 15 is 0 Å². The molecule has 1 aromatic carbocycles. The number of hydrogen-bond acceptors (Lipinski definition) is 2. The first kappa shape index (κ1) is 10.6. The second-order valence-electron chi connectivity index (χ2n) is 4.00. The molecular formula is C13H14N2O. The quantitative estimate of drug-likeness (QED) is 0.735. The minimum Gasteiger partial charge on any atom is -0.292 e. The number of ketones is 1. The molecule has 1 aromatic heterocycles. The highest BCUT2D eigenvalue weighted by molar-refractivity contribution is 5.95. The van der Waals surface area contributed by atoms with Gasteiger partial charge in [0.1, 0.15) is 6.54 Å². The van der Waals surface area contributed by atoms with Gasteiger partial charge in [0.15, 0.2) is 5.78 Å². The number of aryl methyl sites for hydroxylation is 2. The summed E-state index contributed by atoms with van der Waals surface area (Å²) in [5, 5.41) is 4.09. The second kappa shape index (κ2) is 4.31. The van der Waals surface area contributed by atoms with Gasteiger partial charge in [0.2, 0.25) is 0 Å². The van der Waals surface area contributed by atoms with Crippen LogP contribution in [-0.2, 0) is 6.54 Å². The fourth-order valence-electron chi connectivity index (χ4n) is 1.53. The van der Waals surface area contributed by atoms with Crippen molar-refractivity contribution in [3.63, 3.8) is 0 Å². The first-order valence-electron chi connectivity index (χ1n) is 5.24. The summed E-state index contributed by atoms with van der Waals surface area (Å²) >= 11 is 0. The molecule has 16 heavy (non-hydrogen) atoms. The third-order valence-corrected chi connectivity index (χ3v) is 2.44. The Kier molecular flexibility index (Phi) is 2.86. The van der Waals surface area contributed by atoms with Crippen LogP contribution in [0.4, 0.5) is 0 Å². The fraction of sp³-hybridized carbons (Fsp3) is 0.231. The molecule has 0 amide bonds. The van der Waals surface area contributed by atoms with E-state index in [0.717, 1.165) is 16.7 Å². The zero-order chi connectivity index (χ0) is 11.5. The predicted molar refractivity (Wildman–Crippen MR) is 62.5 cm³/mol. The minimum atomic E-state index is 0.0862. The zero-order valence-corrected chi connectivity index (χ0v) is 9.47. The van der Waals surface area contributed by atoms with Gasteiger partial charge in [0.05, 0.1) is 6.20 Å². The summed E-state index contributed by atoms with van der Waals surface area (Å²) in [6.45, 7) is 4.27. The maximum Gasteiger partial charge on any atom is 0.184 e. The molecule has 2 rings (SSSR count). The molecule has 0 aliphatic heterocycles. The predicted octanol–water partition coefficient (Wildman–Crippen LogP) is 2.38. The summed E-state index contributed by atoms with van der Waals surface area (Å²) in [6, 6.07) is 7.60. The van der Waals surface area contributed by atoms with Crippen LogP contribution in [0.3, 0.4) is 0 Å². The lowest BCUT2D eigenvalue weighted by Gasteiger charge is -2.01. The number of hydrogen-bond donors (Lipinski definition) is 0. The summed E-state index contributed by atoms with van der Waals surface area (Å²) in [5.41, 5.74) is 2.96. The number of nitrogens with zero attached hydrogens (tertiary/aromatic N) is 2. The number of carbonyl (C=O) groups excluding carboxylic acids is 1. The molecule has 3 nitrogen and oxygen atoms in total. The summed E-state index contributed by atoms with van der Waals surface area (Å²) in [5.74, 6) is 0.0862. The molecule has 0 saturated heterocycles. The Balaban J connectivity index is 2.11. The summed E-state index contributed by atoms with van der Waals surface area (Å²) in [7, 11) is 0. The molecule has 0 aliphatic carbocycles. The third-order valence-electron chi connectivity index (χ3n) is 2.44. The lowest BCUT2D eigenvalue weighted by Crippen LogP contribution is -2.10. The van der Waals surface area contributed by atoms with Crippen LogP contribution in [0.1, 0.15) is 21.5 Å². The van der Waals surface area contributed by atoms with Crippen LogP contribution in [0, 0.1) is 13.8 Å². The van der Waals surface area contributed by atoms with Gasteiger partial charge < -0.3 is 0 Å². The highest BCUT2D eigenvalue weighted by Crippen LogP contribution is 2.05. The summed E-state index contributed by atoms with van der Waals surface area (Å²) < 4.78 is 1.66. The maximum absolute atomic E-state index is 11.9. The van der Waals surface area contributed by atoms with E-state index in [1.165, 1.54) is 0 Å². The van der Waals surface area contributed by atoms with Crippen LogP contribution in [0.2, 0.25) is 0 Å². The van der Waals surface area contributed by atoms with Crippen LogP contribution in [-0.4, -0.2) is 15.6 Å². The Morgan fingerprint density at radius 3 is 2.44 bits per heavy atom. The molecule has 0 atom stereocenters. The smallest absolute Gasteiger partial charge is 0.184 e. The van der Waals surface area contributed by atoms with Gasteiger partial charge in [-0.1, -0.05) is 29.8 Å². The van der Waals surface area contributed by atoms with Gasteiger partial charge in [0.25, 0.3) is 0 Å². The summed E-state index contributed by atoms with van der Waals surface area (Å²) in [6.07, 6.45) is 3.62. The van der Waals surface area contributed by atoms with Crippen molar-refractivity contribution < 1.29 is 4.79 Å². The molecule has 2 aromatic rings. The van der Waals surface area contributed by atoms with Crippen molar-refractivity contribution >= 4 is 5.78 Å². The average Bonchev–Trinajstić information content (AvgIpc) is 2.65. The third kappa shape index (κ3) is 2.37. The molecule has 3 heteroatoms. The monoisotopic (exact) mass is 214 g/mol. The first-order valence-corrected chi connectivity index (χ1v) is 5.24. The van der Waals surface area contributed by atoms with Gasteiger partial charge in [0, 0.05) is 11.8 Å². The van der Waals surface area contributed by atoms with E-state index in [2.05, 4.69) is 5.10 Å². The van der Waals surface area contributed by atoms with Crippen LogP contribution in [0.15, 0.2) is 36.7 Å². The van der Waals surface area contributed by atoms with Crippen LogP contribution in [0.5, 0.6) is 0 Å². The molecule has 0 N–H and O–H groups in total. The van der Waals surface area contributed by atoms with Crippen molar-refractivity contribution in [1.29, 1.82) is 0 Å². The number of rotatable bonds is 3. The molecule has 0 spiro atoms. The van der Waals surface area contributed by atoms with E-state index in [1.54, 1.807) is 10.9 Å². The second-order valence-corrected chi connectivity index (χ2v) is 4.00. The largest absolute Gasteiger partial charge is 0.292 e. The number of carbonyl (C=O) groups is 1. The fourth-order valence-corrected chi connectivity index (χ4v) is 1.53. The van der Waals surface area contributed by atoms with E-state index in [1.807, 2.05) is 44.3 Å². The normalized spacial score (nSPS) is 10.4. The molecule has 0 radical (unpaired) electrons. The molecule has 1 heterocycles. The van der Waals surface area contributed by atoms with Gasteiger partial charge in [-0.3, -0.25) is 9.48 Å². The van der Waals surface area contributed by atoms with Crippen LogP contribution >= 0.6 is 0 Å².